The van der Waals surface area contributed by atoms with Crippen molar-refractivity contribution in [3.8, 4) is 0 Å². The molecule has 0 bridgehead atoms. The molecule has 1 aromatic rings. The van der Waals surface area contributed by atoms with Gasteiger partial charge in [0.2, 0.25) is 11.8 Å². The van der Waals surface area contributed by atoms with Crippen molar-refractivity contribution in [2.45, 2.75) is 31.6 Å². The number of nitrogens with two attached hydrogens (primary N) is 2. The Morgan fingerprint density at radius 3 is 2.33 bits per heavy atom. The maximum absolute atomic E-state index is 11.8. The Hall–Kier alpha value is -1.88. The molecule has 0 aromatic heterocycles. The third-order valence-corrected chi connectivity index (χ3v) is 3.34. The number of carbonyl (C=O) groups is 2. The van der Waals surface area contributed by atoms with Crippen molar-refractivity contribution in [3.63, 3.8) is 0 Å². The molecule has 0 unspecified atom stereocenters. The lowest BCUT2D eigenvalue weighted by molar-refractivity contribution is -0.125. The van der Waals surface area contributed by atoms with Crippen LogP contribution >= 0.6 is 0 Å². The lowest BCUT2D eigenvalue weighted by Gasteiger charge is -2.29. The molecule has 0 fully saturated rings. The minimum absolute atomic E-state index is 0.169. The van der Waals surface area contributed by atoms with Crippen LogP contribution in [0.2, 0.25) is 0 Å². The normalized spacial score (nSPS) is 13.7. The maximum Gasteiger partial charge on any atom is 0.233 e. The summed E-state index contributed by atoms with van der Waals surface area (Å²) in [6.07, 6.45) is 1.07. The van der Waals surface area contributed by atoms with E-state index in [1.807, 2.05) is 37.3 Å². The summed E-state index contributed by atoms with van der Waals surface area (Å²) in [5.74, 6) is 4.33. The molecule has 18 heavy (non-hydrogen) atoms. The van der Waals surface area contributed by atoms with Crippen molar-refractivity contribution in [1.82, 2.24) is 5.43 Å². The van der Waals surface area contributed by atoms with Crippen LogP contribution in [0.25, 0.3) is 0 Å². The Balaban J connectivity index is 3.03. The van der Waals surface area contributed by atoms with E-state index in [4.69, 9.17) is 11.6 Å². The van der Waals surface area contributed by atoms with Gasteiger partial charge >= 0.3 is 0 Å². The Morgan fingerprint density at radius 1 is 1.28 bits per heavy atom. The standard InChI is InChI=1S/C13H19N3O2/c1-2-13(12(14)18,9-8-11(17)16-15)10-6-4-3-5-7-10/h3-7H,2,8-9,15H2,1H3,(H2,14,18)(H,16,17)/t13-/m0/s1. The zero-order valence-electron chi connectivity index (χ0n) is 10.5. The number of rotatable bonds is 6. The van der Waals surface area contributed by atoms with E-state index in [2.05, 4.69) is 5.43 Å². The summed E-state index contributed by atoms with van der Waals surface area (Å²) in [7, 11) is 0. The van der Waals surface area contributed by atoms with E-state index in [9.17, 15) is 9.59 Å². The van der Waals surface area contributed by atoms with Gasteiger partial charge < -0.3 is 5.73 Å². The summed E-state index contributed by atoms with van der Waals surface area (Å²) >= 11 is 0. The van der Waals surface area contributed by atoms with E-state index in [1.165, 1.54) is 0 Å². The Kier molecular flexibility index (Phi) is 4.85. The lowest BCUT2D eigenvalue weighted by atomic mass is 9.74. The summed E-state index contributed by atoms with van der Waals surface area (Å²) in [6, 6.07) is 9.29. The zero-order chi connectivity index (χ0) is 13.6. The van der Waals surface area contributed by atoms with E-state index < -0.39 is 11.3 Å². The van der Waals surface area contributed by atoms with Crippen molar-refractivity contribution in [2.24, 2.45) is 11.6 Å². The predicted octanol–water partition coefficient (Wildman–Crippen LogP) is 0.590. The van der Waals surface area contributed by atoms with Gasteiger partial charge in [0.25, 0.3) is 0 Å². The van der Waals surface area contributed by atoms with Crippen molar-refractivity contribution in [3.05, 3.63) is 35.9 Å². The molecule has 0 radical (unpaired) electrons. The quantitative estimate of drug-likeness (QED) is 0.391. The Bertz CT molecular complexity index is 420. The van der Waals surface area contributed by atoms with Crippen LogP contribution in [0.4, 0.5) is 0 Å². The highest BCUT2D eigenvalue weighted by Crippen LogP contribution is 2.32. The molecule has 98 valence electrons. The van der Waals surface area contributed by atoms with E-state index in [0.29, 0.717) is 12.8 Å². The second-order valence-electron chi connectivity index (χ2n) is 4.23. The van der Waals surface area contributed by atoms with Crippen LogP contribution in [0.5, 0.6) is 0 Å². The van der Waals surface area contributed by atoms with Gasteiger partial charge in [0.05, 0.1) is 5.41 Å². The molecule has 2 amide bonds. The fraction of sp³-hybridized carbons (Fsp3) is 0.385. The molecule has 5 heteroatoms. The second-order valence-corrected chi connectivity index (χ2v) is 4.23. The third-order valence-electron chi connectivity index (χ3n) is 3.34. The molecule has 5 nitrogen and oxygen atoms in total. The van der Waals surface area contributed by atoms with Crippen LogP contribution < -0.4 is 17.0 Å². The number of nitrogens with one attached hydrogen (secondary N) is 1. The van der Waals surface area contributed by atoms with Gasteiger partial charge in [-0.15, -0.1) is 0 Å². The van der Waals surface area contributed by atoms with Crippen molar-refractivity contribution in [1.29, 1.82) is 0 Å². The molecule has 5 N–H and O–H groups in total. The first kappa shape index (κ1) is 14.2. The molecule has 0 aliphatic carbocycles. The summed E-state index contributed by atoms with van der Waals surface area (Å²) < 4.78 is 0. The summed E-state index contributed by atoms with van der Waals surface area (Å²) in [5, 5.41) is 0. The van der Waals surface area contributed by atoms with Gasteiger partial charge in [0, 0.05) is 6.42 Å². The molecular formula is C13H19N3O2. The molecule has 0 aliphatic heterocycles. The summed E-state index contributed by atoms with van der Waals surface area (Å²) in [5.41, 5.74) is 7.63. The topological polar surface area (TPSA) is 98.2 Å². The summed E-state index contributed by atoms with van der Waals surface area (Å²) in [6.45, 7) is 1.89. The highest BCUT2D eigenvalue weighted by molar-refractivity contribution is 5.87. The molecule has 0 aliphatic rings. The van der Waals surface area contributed by atoms with Gasteiger partial charge in [-0.3, -0.25) is 15.0 Å². The van der Waals surface area contributed by atoms with Gasteiger partial charge in [-0.25, -0.2) is 5.84 Å². The summed E-state index contributed by atoms with van der Waals surface area (Å²) in [4.78, 5) is 23.1. The highest BCUT2D eigenvalue weighted by Gasteiger charge is 2.36. The van der Waals surface area contributed by atoms with E-state index in [-0.39, 0.29) is 12.3 Å². The number of carbonyl (C=O) groups excluding carboxylic acids is 2. The number of primary amides is 1. The van der Waals surface area contributed by atoms with Crippen molar-refractivity contribution < 1.29 is 9.59 Å². The molecule has 0 saturated heterocycles. The largest absolute Gasteiger partial charge is 0.369 e. The highest BCUT2D eigenvalue weighted by atomic mass is 16.2. The Morgan fingerprint density at radius 2 is 1.89 bits per heavy atom. The number of hydrogen-bond donors (Lipinski definition) is 3. The minimum atomic E-state index is -0.812. The molecule has 1 aromatic carbocycles. The predicted molar refractivity (Wildman–Crippen MR) is 69.2 cm³/mol. The van der Waals surface area contributed by atoms with Crippen molar-refractivity contribution >= 4 is 11.8 Å². The first-order valence-electron chi connectivity index (χ1n) is 5.91. The average Bonchev–Trinajstić information content (AvgIpc) is 2.40. The molecular weight excluding hydrogens is 230 g/mol. The first-order valence-corrected chi connectivity index (χ1v) is 5.91. The van der Waals surface area contributed by atoms with Gasteiger partial charge in [0.15, 0.2) is 0 Å². The van der Waals surface area contributed by atoms with Crippen LogP contribution in [0.3, 0.4) is 0 Å². The van der Waals surface area contributed by atoms with Crippen LogP contribution in [0, 0.1) is 0 Å². The third kappa shape index (κ3) is 2.87. The number of amides is 2. The Labute approximate surface area is 107 Å². The molecule has 0 spiro atoms. The molecule has 1 rings (SSSR count). The van der Waals surface area contributed by atoms with Crippen molar-refractivity contribution in [2.75, 3.05) is 0 Å². The minimum Gasteiger partial charge on any atom is -0.369 e. The fourth-order valence-corrected chi connectivity index (χ4v) is 2.12. The molecule has 0 saturated carbocycles. The first-order chi connectivity index (χ1) is 8.56. The lowest BCUT2D eigenvalue weighted by Crippen LogP contribution is -2.42. The van der Waals surface area contributed by atoms with Gasteiger partial charge in [-0.2, -0.15) is 0 Å². The van der Waals surface area contributed by atoms with Gasteiger partial charge in [0.1, 0.15) is 0 Å². The van der Waals surface area contributed by atoms with Crippen LogP contribution in [-0.2, 0) is 15.0 Å². The second kappa shape index (κ2) is 6.16. The van der Waals surface area contributed by atoms with Gasteiger partial charge in [-0.05, 0) is 18.4 Å². The smallest absolute Gasteiger partial charge is 0.233 e. The average molecular weight is 249 g/mol. The van der Waals surface area contributed by atoms with Crippen LogP contribution in [0.1, 0.15) is 31.7 Å². The zero-order valence-corrected chi connectivity index (χ0v) is 10.5. The van der Waals surface area contributed by atoms with E-state index in [1.54, 1.807) is 0 Å². The maximum atomic E-state index is 11.8. The van der Waals surface area contributed by atoms with E-state index >= 15 is 0 Å². The van der Waals surface area contributed by atoms with Gasteiger partial charge in [-0.1, -0.05) is 37.3 Å². The van der Waals surface area contributed by atoms with E-state index in [0.717, 1.165) is 5.56 Å². The SMILES string of the molecule is CC[C@@](CCC(=O)NN)(C(N)=O)c1ccccc1. The van der Waals surface area contributed by atoms with Crippen LogP contribution in [-0.4, -0.2) is 11.8 Å². The van der Waals surface area contributed by atoms with Crippen LogP contribution in [0.15, 0.2) is 30.3 Å². The number of hydrazine groups is 1. The number of benzene rings is 1. The monoisotopic (exact) mass is 249 g/mol. The molecule has 0 heterocycles. The number of hydrogen-bond acceptors (Lipinski definition) is 3. The molecule has 1 atom stereocenters. The fourth-order valence-electron chi connectivity index (χ4n) is 2.12.